The molecular weight excluding hydrogens is 332 g/mol. The van der Waals surface area contributed by atoms with Crippen LogP contribution in [0, 0.1) is 17.0 Å². The highest BCUT2D eigenvalue weighted by atomic mass is 32.1. The molecule has 1 aromatic rings. The number of thiophene rings is 1. The third kappa shape index (κ3) is 3.27. The van der Waals surface area contributed by atoms with E-state index in [1.54, 1.807) is 11.8 Å². The molecule has 0 spiro atoms. The van der Waals surface area contributed by atoms with Crippen LogP contribution in [0.25, 0.3) is 0 Å². The minimum absolute atomic E-state index is 0.00538. The number of piperazine rings is 1. The predicted octanol–water partition coefficient (Wildman–Crippen LogP) is 1.00. The van der Waals surface area contributed by atoms with Gasteiger partial charge in [-0.15, -0.1) is 11.3 Å². The molecule has 24 heavy (non-hydrogen) atoms. The van der Waals surface area contributed by atoms with Crippen LogP contribution >= 0.6 is 11.3 Å². The molecule has 2 saturated heterocycles. The van der Waals surface area contributed by atoms with Gasteiger partial charge in [0.15, 0.2) is 0 Å². The summed E-state index contributed by atoms with van der Waals surface area (Å²) in [4.78, 5) is 39.8. The van der Waals surface area contributed by atoms with E-state index in [-0.39, 0.29) is 23.5 Å². The molecule has 0 bridgehead atoms. The predicted molar refractivity (Wildman–Crippen MR) is 89.2 cm³/mol. The molecule has 2 fully saturated rings. The maximum Gasteiger partial charge on any atom is 0.283 e. The number of nitro groups is 1. The number of hydrogen-bond acceptors (Lipinski definition) is 6. The lowest BCUT2D eigenvalue weighted by Crippen LogP contribution is -2.57. The van der Waals surface area contributed by atoms with Crippen molar-refractivity contribution < 1.29 is 14.5 Å². The van der Waals surface area contributed by atoms with Crippen molar-refractivity contribution in [2.24, 2.45) is 0 Å². The van der Waals surface area contributed by atoms with E-state index in [1.807, 2.05) is 4.90 Å². The summed E-state index contributed by atoms with van der Waals surface area (Å²) in [5.74, 6) is -0.105. The number of likely N-dealkylation sites (tertiary alicyclic amines) is 1. The molecule has 2 aliphatic heterocycles. The summed E-state index contributed by atoms with van der Waals surface area (Å²) in [7, 11) is 0. The Balaban J connectivity index is 1.72. The van der Waals surface area contributed by atoms with Crippen LogP contribution in [0.2, 0.25) is 0 Å². The average Bonchev–Trinajstić information content (AvgIpc) is 2.97. The van der Waals surface area contributed by atoms with Gasteiger partial charge < -0.3 is 15.1 Å². The fraction of sp³-hybridized carbons (Fsp3) is 0.600. The number of carbonyl (C=O) groups is 2. The topological polar surface area (TPSA) is 95.8 Å². The zero-order valence-corrected chi connectivity index (χ0v) is 14.3. The first-order chi connectivity index (χ1) is 11.5. The SMILES string of the molecule is Cc1sc(C(=O)N2CCCC(N3CCNCC3=O)C2)cc1[N+](=O)[O-]. The summed E-state index contributed by atoms with van der Waals surface area (Å²) in [6.45, 7) is 4.55. The van der Waals surface area contributed by atoms with Crippen LogP contribution in [0.4, 0.5) is 5.69 Å². The highest BCUT2D eigenvalue weighted by Gasteiger charge is 2.33. The molecule has 0 saturated carbocycles. The standard InChI is InChI=1S/C15H20N4O4S/c1-10-12(19(22)23)7-13(24-10)15(21)17-5-2-3-11(9-17)18-6-4-16-8-14(18)20/h7,11,16H,2-6,8-9H2,1H3. The van der Waals surface area contributed by atoms with Crippen LogP contribution in [-0.4, -0.2) is 65.3 Å². The Hall–Kier alpha value is -2.00. The number of rotatable bonds is 3. The normalized spacial score (nSPS) is 21.9. The Kier molecular flexibility index (Phi) is 4.81. The minimum atomic E-state index is -0.457. The number of carbonyl (C=O) groups excluding carboxylic acids is 2. The van der Waals surface area contributed by atoms with E-state index < -0.39 is 4.92 Å². The Morgan fingerprint density at radius 2 is 2.25 bits per heavy atom. The van der Waals surface area contributed by atoms with Crippen molar-refractivity contribution in [2.75, 3.05) is 32.7 Å². The van der Waals surface area contributed by atoms with E-state index >= 15 is 0 Å². The molecule has 1 atom stereocenters. The Morgan fingerprint density at radius 1 is 1.46 bits per heavy atom. The van der Waals surface area contributed by atoms with Gasteiger partial charge >= 0.3 is 0 Å². The van der Waals surface area contributed by atoms with Crippen molar-refractivity contribution in [2.45, 2.75) is 25.8 Å². The first kappa shape index (κ1) is 16.8. The maximum atomic E-state index is 12.7. The van der Waals surface area contributed by atoms with Crippen molar-refractivity contribution in [3.05, 3.63) is 25.9 Å². The first-order valence-corrected chi connectivity index (χ1v) is 8.83. The molecule has 3 heterocycles. The molecule has 9 heteroatoms. The van der Waals surface area contributed by atoms with Crippen molar-refractivity contribution in [3.63, 3.8) is 0 Å². The highest BCUT2D eigenvalue weighted by Crippen LogP contribution is 2.30. The van der Waals surface area contributed by atoms with Crippen molar-refractivity contribution >= 4 is 28.8 Å². The zero-order chi connectivity index (χ0) is 17.3. The summed E-state index contributed by atoms with van der Waals surface area (Å²) in [6.07, 6.45) is 1.72. The quantitative estimate of drug-likeness (QED) is 0.647. The fourth-order valence-electron chi connectivity index (χ4n) is 3.32. The summed E-state index contributed by atoms with van der Waals surface area (Å²) >= 11 is 1.16. The van der Waals surface area contributed by atoms with E-state index in [9.17, 15) is 19.7 Å². The lowest BCUT2D eigenvalue weighted by Gasteiger charge is -2.41. The van der Waals surface area contributed by atoms with Crippen LogP contribution in [0.5, 0.6) is 0 Å². The van der Waals surface area contributed by atoms with Crippen molar-refractivity contribution in [1.82, 2.24) is 15.1 Å². The summed E-state index contributed by atoms with van der Waals surface area (Å²) < 4.78 is 0. The van der Waals surface area contributed by atoms with Gasteiger partial charge in [0.2, 0.25) is 5.91 Å². The van der Waals surface area contributed by atoms with E-state index in [4.69, 9.17) is 0 Å². The second-order valence-corrected chi connectivity index (χ2v) is 7.38. The van der Waals surface area contributed by atoms with Crippen molar-refractivity contribution in [1.29, 1.82) is 0 Å². The lowest BCUT2D eigenvalue weighted by molar-refractivity contribution is -0.385. The van der Waals surface area contributed by atoms with E-state index in [1.165, 1.54) is 6.07 Å². The van der Waals surface area contributed by atoms with Gasteiger partial charge in [0.1, 0.15) is 0 Å². The number of nitrogens with zero attached hydrogens (tertiary/aromatic N) is 3. The molecule has 8 nitrogen and oxygen atoms in total. The van der Waals surface area contributed by atoms with E-state index in [2.05, 4.69) is 5.32 Å². The zero-order valence-electron chi connectivity index (χ0n) is 13.5. The first-order valence-electron chi connectivity index (χ1n) is 8.01. The van der Waals surface area contributed by atoms with E-state index in [0.29, 0.717) is 35.9 Å². The van der Waals surface area contributed by atoms with Gasteiger partial charge in [-0.25, -0.2) is 0 Å². The monoisotopic (exact) mass is 352 g/mol. The van der Waals surface area contributed by atoms with E-state index in [0.717, 1.165) is 30.7 Å². The summed E-state index contributed by atoms with van der Waals surface area (Å²) in [5.41, 5.74) is -0.00538. The Morgan fingerprint density at radius 3 is 2.92 bits per heavy atom. The minimum Gasteiger partial charge on any atom is -0.336 e. The third-order valence-corrected chi connectivity index (χ3v) is 5.58. The molecule has 1 aromatic heterocycles. The summed E-state index contributed by atoms with van der Waals surface area (Å²) in [6, 6.07) is 1.40. The molecule has 2 amide bonds. The molecule has 3 rings (SSSR count). The lowest BCUT2D eigenvalue weighted by atomic mass is 10.0. The maximum absolute atomic E-state index is 12.7. The summed E-state index contributed by atoms with van der Waals surface area (Å²) in [5, 5.41) is 14.0. The fourth-order valence-corrected chi connectivity index (χ4v) is 4.27. The number of hydrogen-bond donors (Lipinski definition) is 1. The molecule has 0 aliphatic carbocycles. The molecule has 130 valence electrons. The number of piperidine rings is 1. The second-order valence-electron chi connectivity index (χ2n) is 6.12. The molecule has 0 radical (unpaired) electrons. The molecular formula is C15H20N4O4S. The van der Waals surface area contributed by atoms with Gasteiger partial charge in [0, 0.05) is 38.3 Å². The smallest absolute Gasteiger partial charge is 0.283 e. The van der Waals surface area contributed by atoms with Gasteiger partial charge in [0.25, 0.3) is 11.6 Å². The Labute approximate surface area is 143 Å². The average molecular weight is 352 g/mol. The molecule has 1 unspecified atom stereocenters. The van der Waals surface area contributed by atoms with Gasteiger partial charge in [-0.05, 0) is 19.8 Å². The number of aryl methyl sites for hydroxylation is 1. The molecule has 0 aromatic carbocycles. The van der Waals surface area contributed by atoms with Crippen LogP contribution in [0.1, 0.15) is 27.4 Å². The second kappa shape index (κ2) is 6.86. The van der Waals surface area contributed by atoms with Gasteiger partial charge in [-0.2, -0.15) is 0 Å². The van der Waals surface area contributed by atoms with Gasteiger partial charge in [-0.1, -0.05) is 0 Å². The molecule has 1 N–H and O–H groups in total. The van der Waals surface area contributed by atoms with Crippen LogP contribution in [0.15, 0.2) is 6.07 Å². The van der Waals surface area contributed by atoms with Gasteiger partial charge in [-0.3, -0.25) is 19.7 Å². The van der Waals surface area contributed by atoms with Crippen LogP contribution in [-0.2, 0) is 4.79 Å². The number of amides is 2. The van der Waals surface area contributed by atoms with Gasteiger partial charge in [0.05, 0.1) is 21.2 Å². The van der Waals surface area contributed by atoms with Crippen LogP contribution in [0.3, 0.4) is 0 Å². The largest absolute Gasteiger partial charge is 0.336 e. The Bertz CT molecular complexity index is 674. The van der Waals surface area contributed by atoms with Crippen molar-refractivity contribution in [3.8, 4) is 0 Å². The van der Waals surface area contributed by atoms with Crippen LogP contribution < -0.4 is 5.32 Å². The third-order valence-electron chi connectivity index (χ3n) is 4.55. The number of nitrogens with one attached hydrogen (secondary N) is 1. The highest BCUT2D eigenvalue weighted by molar-refractivity contribution is 7.14. The molecule has 2 aliphatic rings.